The molecule has 94 valence electrons. The van der Waals surface area contributed by atoms with E-state index >= 15 is 0 Å². The van der Waals surface area contributed by atoms with Crippen LogP contribution in [0.3, 0.4) is 0 Å². The van der Waals surface area contributed by atoms with Gasteiger partial charge in [-0.25, -0.2) is 9.37 Å². The Labute approximate surface area is 118 Å². The fourth-order valence-corrected chi connectivity index (χ4v) is 1.91. The third-order valence-electron chi connectivity index (χ3n) is 2.21. The molecule has 0 saturated heterocycles. The first-order chi connectivity index (χ1) is 8.70. The summed E-state index contributed by atoms with van der Waals surface area (Å²) in [5.41, 5.74) is 0.818. The number of hydrogen-bond donors (Lipinski definition) is 2. The van der Waals surface area contributed by atoms with E-state index in [1.165, 1.54) is 0 Å². The van der Waals surface area contributed by atoms with E-state index in [-0.39, 0.29) is 5.82 Å². The van der Waals surface area contributed by atoms with E-state index in [0.717, 1.165) is 15.5 Å². The molecule has 18 heavy (non-hydrogen) atoms. The Balaban J connectivity index is 2.28. The lowest BCUT2D eigenvalue weighted by molar-refractivity contribution is 0.619. The van der Waals surface area contributed by atoms with Crippen LogP contribution in [-0.2, 0) is 0 Å². The minimum absolute atomic E-state index is 0.171. The predicted octanol–water partition coefficient (Wildman–Crippen LogP) is 3.40. The van der Waals surface area contributed by atoms with Gasteiger partial charge in [0, 0.05) is 10.1 Å². The Morgan fingerprint density at radius 3 is 2.83 bits per heavy atom. The van der Waals surface area contributed by atoms with Gasteiger partial charge in [0.1, 0.15) is 0 Å². The van der Waals surface area contributed by atoms with Gasteiger partial charge in [0.25, 0.3) is 0 Å². The molecule has 0 bridgehead atoms. The normalized spacial score (nSPS) is 10.2. The van der Waals surface area contributed by atoms with Crippen LogP contribution in [0.25, 0.3) is 0 Å². The lowest BCUT2D eigenvalue weighted by Crippen LogP contribution is -2.06. The van der Waals surface area contributed by atoms with E-state index in [0.29, 0.717) is 12.5 Å². The molecule has 0 aliphatic carbocycles. The molecular weight excluding hydrogens is 346 g/mol. The molecule has 1 heterocycles. The van der Waals surface area contributed by atoms with Gasteiger partial charge in [-0.15, -0.1) is 0 Å². The number of nitrogens with one attached hydrogen (secondary N) is 2. The van der Waals surface area contributed by atoms with Gasteiger partial charge in [-0.3, -0.25) is 0 Å². The van der Waals surface area contributed by atoms with E-state index < -0.39 is 5.82 Å². The molecule has 0 atom stereocenters. The summed E-state index contributed by atoms with van der Waals surface area (Å²) in [4.78, 5) is 7.94. The summed E-state index contributed by atoms with van der Waals surface area (Å²) in [6, 6.07) is 7.62. The van der Waals surface area contributed by atoms with Gasteiger partial charge in [0.2, 0.25) is 5.95 Å². The molecular formula is C12H12FIN4. The number of nitrogens with zero attached hydrogens (tertiary/aromatic N) is 2. The van der Waals surface area contributed by atoms with Crippen molar-refractivity contribution in [1.82, 2.24) is 9.97 Å². The second-order valence-electron chi connectivity index (χ2n) is 3.53. The fourth-order valence-electron chi connectivity index (χ4n) is 1.39. The standard InChI is InChI=1S/C12H12FIN4/c1-2-15-12-16-7-8(13)11(18-12)17-10-6-4-3-5-9(10)14/h3-7H,2H2,1H3,(H2,15,16,17,18). The molecule has 0 saturated carbocycles. The second-order valence-corrected chi connectivity index (χ2v) is 4.69. The van der Waals surface area contributed by atoms with Crippen LogP contribution in [0.5, 0.6) is 0 Å². The first kappa shape index (κ1) is 13.0. The minimum Gasteiger partial charge on any atom is -0.354 e. The van der Waals surface area contributed by atoms with Crippen LogP contribution in [-0.4, -0.2) is 16.5 Å². The van der Waals surface area contributed by atoms with Crippen molar-refractivity contribution >= 4 is 40.0 Å². The van der Waals surface area contributed by atoms with Crippen LogP contribution >= 0.6 is 22.6 Å². The van der Waals surface area contributed by atoms with Crippen molar-refractivity contribution in [3.63, 3.8) is 0 Å². The monoisotopic (exact) mass is 358 g/mol. The summed E-state index contributed by atoms with van der Waals surface area (Å²) >= 11 is 2.18. The molecule has 4 nitrogen and oxygen atoms in total. The number of rotatable bonds is 4. The summed E-state index contributed by atoms with van der Waals surface area (Å²) in [5, 5.41) is 5.91. The smallest absolute Gasteiger partial charge is 0.224 e. The number of halogens is 2. The van der Waals surface area contributed by atoms with Crippen LogP contribution < -0.4 is 10.6 Å². The van der Waals surface area contributed by atoms with Crippen LogP contribution in [0, 0.1) is 9.39 Å². The third-order valence-corrected chi connectivity index (χ3v) is 3.15. The van der Waals surface area contributed by atoms with Crippen molar-refractivity contribution < 1.29 is 4.39 Å². The number of benzene rings is 1. The molecule has 0 unspecified atom stereocenters. The van der Waals surface area contributed by atoms with E-state index in [4.69, 9.17) is 0 Å². The average Bonchev–Trinajstić information content (AvgIpc) is 2.36. The van der Waals surface area contributed by atoms with Crippen LogP contribution in [0.15, 0.2) is 30.5 Å². The minimum atomic E-state index is -0.476. The highest BCUT2D eigenvalue weighted by atomic mass is 127. The molecule has 0 fully saturated rings. The Bertz CT molecular complexity index is 547. The van der Waals surface area contributed by atoms with Crippen molar-refractivity contribution in [2.45, 2.75) is 6.92 Å². The molecule has 2 rings (SSSR count). The highest BCUT2D eigenvalue weighted by Crippen LogP contribution is 2.23. The van der Waals surface area contributed by atoms with Gasteiger partial charge in [0.15, 0.2) is 11.6 Å². The van der Waals surface area contributed by atoms with Crippen molar-refractivity contribution in [3.05, 3.63) is 39.8 Å². The zero-order chi connectivity index (χ0) is 13.0. The van der Waals surface area contributed by atoms with Crippen LogP contribution in [0.2, 0.25) is 0 Å². The average molecular weight is 358 g/mol. The molecule has 0 amide bonds. The lowest BCUT2D eigenvalue weighted by Gasteiger charge is -2.09. The Hall–Kier alpha value is -1.44. The zero-order valence-electron chi connectivity index (χ0n) is 9.74. The molecule has 0 aliphatic rings. The lowest BCUT2D eigenvalue weighted by atomic mass is 10.3. The summed E-state index contributed by atoms with van der Waals surface area (Å²) in [7, 11) is 0. The molecule has 2 aromatic rings. The number of para-hydroxylation sites is 1. The largest absolute Gasteiger partial charge is 0.354 e. The maximum absolute atomic E-state index is 13.6. The fraction of sp³-hybridized carbons (Fsp3) is 0.167. The van der Waals surface area contributed by atoms with Crippen molar-refractivity contribution in [1.29, 1.82) is 0 Å². The van der Waals surface area contributed by atoms with Gasteiger partial charge in [-0.05, 0) is 41.6 Å². The summed E-state index contributed by atoms with van der Waals surface area (Å²) < 4.78 is 14.6. The third kappa shape index (κ3) is 3.06. The summed E-state index contributed by atoms with van der Waals surface area (Å²) in [5.74, 6) is 0.105. The molecule has 1 aromatic carbocycles. The van der Waals surface area contributed by atoms with E-state index in [9.17, 15) is 4.39 Å². The molecule has 0 radical (unpaired) electrons. The van der Waals surface area contributed by atoms with Crippen molar-refractivity contribution in [3.8, 4) is 0 Å². The SMILES string of the molecule is CCNc1ncc(F)c(Nc2ccccc2I)n1. The van der Waals surface area contributed by atoms with Gasteiger partial charge in [0.05, 0.1) is 11.9 Å². The number of hydrogen-bond acceptors (Lipinski definition) is 4. The zero-order valence-corrected chi connectivity index (χ0v) is 11.9. The number of anilines is 3. The van der Waals surface area contributed by atoms with Gasteiger partial charge in [-0.2, -0.15) is 4.98 Å². The van der Waals surface area contributed by atoms with Crippen molar-refractivity contribution in [2.24, 2.45) is 0 Å². The second kappa shape index (κ2) is 5.94. The highest BCUT2D eigenvalue weighted by Gasteiger charge is 2.08. The number of aromatic nitrogens is 2. The highest BCUT2D eigenvalue weighted by molar-refractivity contribution is 14.1. The maximum Gasteiger partial charge on any atom is 0.224 e. The first-order valence-corrected chi connectivity index (χ1v) is 6.56. The summed E-state index contributed by atoms with van der Waals surface area (Å²) in [6.07, 6.45) is 1.16. The quantitative estimate of drug-likeness (QED) is 0.823. The summed E-state index contributed by atoms with van der Waals surface area (Å²) in [6.45, 7) is 2.62. The van der Waals surface area contributed by atoms with Gasteiger partial charge in [-0.1, -0.05) is 12.1 Å². The first-order valence-electron chi connectivity index (χ1n) is 5.48. The van der Waals surface area contributed by atoms with Gasteiger partial charge < -0.3 is 10.6 Å². The Morgan fingerprint density at radius 2 is 2.11 bits per heavy atom. The van der Waals surface area contributed by atoms with Crippen LogP contribution in [0.4, 0.5) is 21.8 Å². The molecule has 1 aromatic heterocycles. The predicted molar refractivity (Wildman–Crippen MR) is 78.6 cm³/mol. The van der Waals surface area contributed by atoms with E-state index in [2.05, 4.69) is 43.2 Å². The maximum atomic E-state index is 13.6. The van der Waals surface area contributed by atoms with Crippen LogP contribution in [0.1, 0.15) is 6.92 Å². The Kier molecular flexibility index (Phi) is 4.29. The Morgan fingerprint density at radius 1 is 1.33 bits per heavy atom. The molecule has 2 N–H and O–H groups in total. The van der Waals surface area contributed by atoms with Gasteiger partial charge >= 0.3 is 0 Å². The molecule has 0 aliphatic heterocycles. The van der Waals surface area contributed by atoms with Crippen molar-refractivity contribution in [2.75, 3.05) is 17.2 Å². The van der Waals surface area contributed by atoms with E-state index in [1.807, 2.05) is 31.2 Å². The topological polar surface area (TPSA) is 49.8 Å². The molecule has 0 spiro atoms. The van der Waals surface area contributed by atoms with E-state index in [1.54, 1.807) is 0 Å². The molecule has 6 heteroatoms.